The molecule has 0 spiro atoms. The maximum atomic E-state index is 12.7. The highest BCUT2D eigenvalue weighted by Gasteiger charge is 2.38. The highest BCUT2D eigenvalue weighted by atomic mass is 16.6. The summed E-state index contributed by atoms with van der Waals surface area (Å²) in [7, 11) is 0. The molecule has 2 unspecified atom stereocenters. The fourth-order valence-corrected chi connectivity index (χ4v) is 4.37. The number of hydrogen-bond donors (Lipinski definition) is 0. The molecular weight excluding hydrogens is 416 g/mol. The van der Waals surface area contributed by atoms with Gasteiger partial charge in [0, 0.05) is 29.6 Å². The molecular formula is C27H26N2O4. The molecule has 0 N–H and O–H groups in total. The van der Waals surface area contributed by atoms with Gasteiger partial charge < -0.3 is 14.4 Å². The zero-order valence-electron chi connectivity index (χ0n) is 18.3. The van der Waals surface area contributed by atoms with E-state index in [0.717, 1.165) is 34.8 Å². The second-order valence-electron chi connectivity index (χ2n) is 8.34. The molecule has 2 aromatic carbocycles. The Kier molecular flexibility index (Phi) is 6.09. The highest BCUT2D eigenvalue weighted by molar-refractivity contribution is 6.07. The molecule has 2 heterocycles. The van der Waals surface area contributed by atoms with Crippen LogP contribution < -0.4 is 4.90 Å². The predicted molar refractivity (Wildman–Crippen MR) is 126 cm³/mol. The molecule has 6 nitrogen and oxygen atoms in total. The monoisotopic (exact) mass is 442 g/mol. The van der Waals surface area contributed by atoms with Gasteiger partial charge in [0.1, 0.15) is 0 Å². The van der Waals surface area contributed by atoms with Crippen molar-refractivity contribution in [1.29, 1.82) is 0 Å². The van der Waals surface area contributed by atoms with Crippen LogP contribution in [0.3, 0.4) is 0 Å². The van der Waals surface area contributed by atoms with E-state index in [4.69, 9.17) is 9.47 Å². The molecule has 0 radical (unpaired) electrons. The number of carbonyl (C=O) groups excluding carboxylic acids is 2. The van der Waals surface area contributed by atoms with Crippen molar-refractivity contribution in [2.75, 3.05) is 18.1 Å². The first-order valence-electron chi connectivity index (χ1n) is 11.3. The Hall–Kier alpha value is -3.64. The summed E-state index contributed by atoms with van der Waals surface area (Å²) < 4.78 is 10.8. The zero-order chi connectivity index (χ0) is 22.6. The molecule has 2 amide bonds. The molecule has 1 aliphatic carbocycles. The fraction of sp³-hybridized carbons (Fsp3) is 0.259. The standard InChI is InChI=1S/C27H26N2O4/c30-26-25(33-27(31)28(26)19-24-12-7-17-32-24)18-20-13-15-23(16-14-20)29(21-8-3-1-4-9-21)22-10-5-2-6-11-22/h1-6,8-11,13,15-16,18,20,24H,7,12,14,17,19H2/b25-18+. The largest absolute Gasteiger partial charge is 0.422 e. The minimum Gasteiger partial charge on any atom is -0.404 e. The van der Waals surface area contributed by atoms with Crippen LogP contribution in [0, 0.1) is 5.92 Å². The van der Waals surface area contributed by atoms with E-state index in [2.05, 4.69) is 41.3 Å². The summed E-state index contributed by atoms with van der Waals surface area (Å²) in [4.78, 5) is 28.3. The lowest BCUT2D eigenvalue weighted by atomic mass is 9.97. The molecule has 5 rings (SSSR count). The molecule has 168 valence electrons. The molecule has 2 aliphatic heterocycles. The Morgan fingerprint density at radius 3 is 2.27 bits per heavy atom. The van der Waals surface area contributed by atoms with Crippen molar-refractivity contribution in [2.24, 2.45) is 5.92 Å². The number of rotatable bonds is 6. The van der Waals surface area contributed by atoms with Crippen molar-refractivity contribution in [1.82, 2.24) is 4.90 Å². The molecule has 0 saturated carbocycles. The Labute approximate surface area is 193 Å². The lowest BCUT2D eigenvalue weighted by molar-refractivity contribution is -0.124. The van der Waals surface area contributed by atoms with E-state index in [0.29, 0.717) is 13.0 Å². The number of nitrogens with zero attached hydrogens (tertiary/aromatic N) is 2. The molecule has 33 heavy (non-hydrogen) atoms. The maximum Gasteiger partial charge on any atom is 0.422 e. The number of benzene rings is 2. The van der Waals surface area contributed by atoms with Crippen molar-refractivity contribution in [2.45, 2.75) is 25.4 Å². The van der Waals surface area contributed by atoms with Gasteiger partial charge in [-0.15, -0.1) is 0 Å². The second kappa shape index (κ2) is 9.46. The van der Waals surface area contributed by atoms with Crippen molar-refractivity contribution in [3.8, 4) is 0 Å². The first-order valence-corrected chi connectivity index (χ1v) is 11.3. The molecule has 2 saturated heterocycles. The average Bonchev–Trinajstić information content (AvgIpc) is 3.46. The van der Waals surface area contributed by atoms with Gasteiger partial charge in [0.15, 0.2) is 5.76 Å². The summed E-state index contributed by atoms with van der Waals surface area (Å²) in [5.41, 5.74) is 3.19. The van der Waals surface area contributed by atoms with Crippen LogP contribution in [0.1, 0.15) is 19.3 Å². The topological polar surface area (TPSA) is 59.1 Å². The predicted octanol–water partition coefficient (Wildman–Crippen LogP) is 5.33. The summed E-state index contributed by atoms with van der Waals surface area (Å²) in [5.74, 6) is -0.307. The zero-order valence-corrected chi connectivity index (χ0v) is 18.3. The first-order chi connectivity index (χ1) is 16.2. The number of ether oxygens (including phenoxy) is 2. The molecule has 2 aromatic rings. The van der Waals surface area contributed by atoms with Gasteiger partial charge in [-0.2, -0.15) is 0 Å². The Morgan fingerprint density at radius 1 is 1.00 bits per heavy atom. The molecule has 2 atom stereocenters. The Morgan fingerprint density at radius 2 is 1.70 bits per heavy atom. The molecule has 6 heteroatoms. The molecule has 3 aliphatic rings. The average molecular weight is 443 g/mol. The van der Waals surface area contributed by atoms with Gasteiger partial charge in [0.05, 0.1) is 12.6 Å². The van der Waals surface area contributed by atoms with Gasteiger partial charge in [-0.1, -0.05) is 48.6 Å². The maximum absolute atomic E-state index is 12.7. The van der Waals surface area contributed by atoms with Crippen LogP contribution in [0.2, 0.25) is 0 Å². The van der Waals surface area contributed by atoms with Crippen LogP contribution in [0.25, 0.3) is 0 Å². The molecule has 0 bridgehead atoms. The van der Waals surface area contributed by atoms with Crippen molar-refractivity contribution in [3.63, 3.8) is 0 Å². The smallest absolute Gasteiger partial charge is 0.404 e. The van der Waals surface area contributed by atoms with E-state index in [9.17, 15) is 9.59 Å². The van der Waals surface area contributed by atoms with Gasteiger partial charge in [-0.05, 0) is 55.7 Å². The van der Waals surface area contributed by atoms with E-state index in [1.807, 2.05) is 42.5 Å². The number of para-hydroxylation sites is 2. The quantitative estimate of drug-likeness (QED) is 0.566. The third-order valence-corrected chi connectivity index (χ3v) is 6.05. The van der Waals surface area contributed by atoms with E-state index in [1.54, 1.807) is 6.08 Å². The number of imide groups is 1. The fourth-order valence-electron chi connectivity index (χ4n) is 4.37. The lowest BCUT2D eigenvalue weighted by Crippen LogP contribution is -2.36. The summed E-state index contributed by atoms with van der Waals surface area (Å²) in [6.45, 7) is 0.928. The van der Waals surface area contributed by atoms with Gasteiger partial charge >= 0.3 is 6.09 Å². The van der Waals surface area contributed by atoms with Crippen molar-refractivity contribution in [3.05, 3.63) is 96.4 Å². The van der Waals surface area contributed by atoms with Crippen LogP contribution in [-0.2, 0) is 14.3 Å². The van der Waals surface area contributed by atoms with Crippen molar-refractivity contribution >= 4 is 23.4 Å². The van der Waals surface area contributed by atoms with E-state index >= 15 is 0 Å². The van der Waals surface area contributed by atoms with E-state index in [1.165, 1.54) is 0 Å². The van der Waals surface area contributed by atoms with Crippen LogP contribution in [0.4, 0.5) is 16.2 Å². The lowest BCUT2D eigenvalue weighted by Gasteiger charge is -2.28. The number of carbonyl (C=O) groups is 2. The molecule has 0 aromatic heterocycles. The van der Waals surface area contributed by atoms with Crippen molar-refractivity contribution < 1.29 is 19.1 Å². The van der Waals surface area contributed by atoms with Crippen LogP contribution in [0.15, 0.2) is 96.4 Å². The van der Waals surface area contributed by atoms with Crippen LogP contribution in [0.5, 0.6) is 0 Å². The summed E-state index contributed by atoms with van der Waals surface area (Å²) >= 11 is 0. The van der Waals surface area contributed by atoms with E-state index < -0.39 is 6.09 Å². The third-order valence-electron chi connectivity index (χ3n) is 6.05. The Balaban J connectivity index is 1.31. The van der Waals surface area contributed by atoms with E-state index in [-0.39, 0.29) is 30.2 Å². The number of anilines is 2. The third kappa shape index (κ3) is 4.61. The van der Waals surface area contributed by atoms with Crippen LogP contribution >= 0.6 is 0 Å². The Bertz CT molecular complexity index is 1060. The van der Waals surface area contributed by atoms with Gasteiger partial charge in [0.25, 0.3) is 5.91 Å². The summed E-state index contributed by atoms with van der Waals surface area (Å²) in [6.07, 6.45) is 9.79. The number of hydrogen-bond acceptors (Lipinski definition) is 5. The SMILES string of the molecule is O=C1O/C(=C/C2C=CC(N(c3ccccc3)c3ccccc3)=CC2)C(=O)N1CC1CCCO1. The number of allylic oxidation sites excluding steroid dienone is 4. The van der Waals surface area contributed by atoms with Gasteiger partial charge in [0.2, 0.25) is 0 Å². The number of amides is 2. The summed E-state index contributed by atoms with van der Waals surface area (Å²) in [5, 5.41) is 0. The first kappa shape index (κ1) is 21.2. The number of cyclic esters (lactones) is 1. The normalized spacial score (nSPS) is 23.7. The summed E-state index contributed by atoms with van der Waals surface area (Å²) in [6, 6.07) is 20.4. The second-order valence-corrected chi connectivity index (χ2v) is 8.34. The van der Waals surface area contributed by atoms with Gasteiger partial charge in [-0.3, -0.25) is 4.79 Å². The minimum atomic E-state index is -0.614. The minimum absolute atomic E-state index is 0.0309. The molecule has 2 fully saturated rings. The highest BCUT2D eigenvalue weighted by Crippen LogP contribution is 2.33. The van der Waals surface area contributed by atoms with Gasteiger partial charge in [-0.25, -0.2) is 9.69 Å². The van der Waals surface area contributed by atoms with Crippen LogP contribution in [-0.4, -0.2) is 36.2 Å².